The van der Waals surface area contributed by atoms with Crippen molar-refractivity contribution in [3.8, 4) is 5.75 Å². The molecule has 0 saturated heterocycles. The Hall–Kier alpha value is -1.20. The van der Waals surface area contributed by atoms with Crippen molar-refractivity contribution in [1.82, 2.24) is 4.98 Å². The Morgan fingerprint density at radius 2 is 2.20 bits per heavy atom. The van der Waals surface area contributed by atoms with Gasteiger partial charge in [0.2, 0.25) is 0 Å². The summed E-state index contributed by atoms with van der Waals surface area (Å²) in [6.07, 6.45) is 1.77. The minimum atomic E-state index is 0.319. The van der Waals surface area contributed by atoms with Crippen molar-refractivity contribution < 1.29 is 5.11 Å². The van der Waals surface area contributed by atoms with E-state index in [2.05, 4.69) is 4.98 Å². The Morgan fingerprint density at radius 1 is 1.40 bits per heavy atom. The minimum Gasteiger partial charge on any atom is -0.507 e. The Kier molecular flexibility index (Phi) is 3.13. The van der Waals surface area contributed by atoms with Gasteiger partial charge in [0.15, 0.2) is 5.13 Å². The van der Waals surface area contributed by atoms with Gasteiger partial charge in [0, 0.05) is 21.7 Å². The van der Waals surface area contributed by atoms with Crippen molar-refractivity contribution >= 4 is 28.2 Å². The molecule has 0 amide bonds. The quantitative estimate of drug-likeness (QED) is 0.807. The molecule has 2 rings (SSSR count). The molecular weight excluding hydrogens is 228 g/mol. The lowest BCUT2D eigenvalue weighted by molar-refractivity contribution is 0.462. The van der Waals surface area contributed by atoms with E-state index >= 15 is 0 Å². The van der Waals surface area contributed by atoms with E-state index < -0.39 is 0 Å². The van der Waals surface area contributed by atoms with E-state index in [0.717, 1.165) is 15.5 Å². The molecule has 5 heteroatoms. The summed E-state index contributed by atoms with van der Waals surface area (Å²) in [6, 6.07) is 7.29. The third kappa shape index (κ3) is 2.64. The van der Waals surface area contributed by atoms with Gasteiger partial charge in [0.1, 0.15) is 5.75 Å². The molecule has 0 aliphatic carbocycles. The van der Waals surface area contributed by atoms with E-state index in [-0.39, 0.29) is 0 Å². The van der Waals surface area contributed by atoms with Crippen LogP contribution in [0.15, 0.2) is 35.4 Å². The van der Waals surface area contributed by atoms with Gasteiger partial charge in [-0.05, 0) is 12.1 Å². The van der Waals surface area contributed by atoms with Crippen molar-refractivity contribution in [1.29, 1.82) is 0 Å². The number of aromatic hydroxyl groups is 1. The molecule has 0 aliphatic heterocycles. The Morgan fingerprint density at radius 3 is 2.87 bits per heavy atom. The third-order valence-electron chi connectivity index (χ3n) is 1.81. The molecule has 0 bridgehead atoms. The molecule has 0 radical (unpaired) electrons. The van der Waals surface area contributed by atoms with Crippen LogP contribution in [0.5, 0.6) is 5.75 Å². The SMILES string of the molecule is Nc1ncc(CSc2ccccc2O)s1. The summed E-state index contributed by atoms with van der Waals surface area (Å²) in [5, 5.41) is 10.1. The molecule has 0 aliphatic rings. The Balaban J connectivity index is 2.02. The maximum absolute atomic E-state index is 9.54. The average molecular weight is 238 g/mol. The van der Waals surface area contributed by atoms with Crippen molar-refractivity contribution in [2.24, 2.45) is 0 Å². The zero-order chi connectivity index (χ0) is 10.7. The summed E-state index contributed by atoms with van der Waals surface area (Å²) < 4.78 is 0. The van der Waals surface area contributed by atoms with Crippen LogP contribution in [0, 0.1) is 0 Å². The summed E-state index contributed by atoms with van der Waals surface area (Å²) >= 11 is 3.06. The van der Waals surface area contributed by atoms with Gasteiger partial charge in [-0.1, -0.05) is 12.1 Å². The highest BCUT2D eigenvalue weighted by atomic mass is 32.2. The molecule has 15 heavy (non-hydrogen) atoms. The first-order chi connectivity index (χ1) is 7.25. The summed E-state index contributed by atoms with van der Waals surface area (Å²) in [6.45, 7) is 0. The van der Waals surface area contributed by atoms with Crippen LogP contribution < -0.4 is 5.73 Å². The number of hydrogen-bond acceptors (Lipinski definition) is 5. The predicted molar refractivity (Wildman–Crippen MR) is 64.2 cm³/mol. The minimum absolute atomic E-state index is 0.319. The molecule has 1 aromatic heterocycles. The van der Waals surface area contributed by atoms with Crippen LogP contribution in [-0.2, 0) is 5.75 Å². The first kappa shape index (κ1) is 10.3. The number of rotatable bonds is 3. The van der Waals surface area contributed by atoms with Crippen LogP contribution in [0.3, 0.4) is 0 Å². The second-order valence-electron chi connectivity index (χ2n) is 2.92. The monoisotopic (exact) mass is 238 g/mol. The number of phenolic OH excluding ortho intramolecular Hbond substituents is 1. The maximum Gasteiger partial charge on any atom is 0.180 e. The summed E-state index contributed by atoms with van der Waals surface area (Å²) in [7, 11) is 0. The number of hydrogen-bond donors (Lipinski definition) is 2. The number of thiazole rings is 1. The van der Waals surface area contributed by atoms with Gasteiger partial charge in [-0.2, -0.15) is 0 Å². The van der Waals surface area contributed by atoms with E-state index in [9.17, 15) is 5.11 Å². The van der Waals surface area contributed by atoms with E-state index in [0.29, 0.717) is 10.9 Å². The smallest absolute Gasteiger partial charge is 0.180 e. The fraction of sp³-hybridized carbons (Fsp3) is 0.100. The molecule has 3 nitrogen and oxygen atoms in total. The van der Waals surface area contributed by atoms with Crippen molar-refractivity contribution in [3.63, 3.8) is 0 Å². The number of aromatic nitrogens is 1. The van der Waals surface area contributed by atoms with Crippen LogP contribution in [0.1, 0.15) is 4.88 Å². The lowest BCUT2D eigenvalue weighted by atomic mass is 10.3. The molecule has 0 spiro atoms. The number of nitrogen functional groups attached to an aromatic ring is 1. The van der Waals surface area contributed by atoms with Crippen molar-refractivity contribution in [3.05, 3.63) is 35.3 Å². The third-order valence-corrected chi connectivity index (χ3v) is 3.93. The number of phenols is 1. The normalized spacial score (nSPS) is 10.4. The van der Waals surface area contributed by atoms with Gasteiger partial charge in [-0.3, -0.25) is 0 Å². The Bertz CT molecular complexity index is 456. The molecule has 0 atom stereocenters. The second kappa shape index (κ2) is 4.55. The zero-order valence-electron chi connectivity index (χ0n) is 7.88. The molecule has 0 fully saturated rings. The maximum atomic E-state index is 9.54. The lowest BCUT2D eigenvalue weighted by Gasteiger charge is -2.01. The predicted octanol–water partition coefficient (Wildman–Crippen LogP) is 2.72. The van der Waals surface area contributed by atoms with E-state index in [4.69, 9.17) is 5.73 Å². The summed E-state index contributed by atoms with van der Waals surface area (Å²) in [5.41, 5.74) is 5.53. The molecule has 78 valence electrons. The fourth-order valence-electron chi connectivity index (χ4n) is 1.12. The molecule has 3 N–H and O–H groups in total. The second-order valence-corrected chi connectivity index (χ2v) is 5.09. The van der Waals surface area contributed by atoms with Gasteiger partial charge in [-0.15, -0.1) is 23.1 Å². The first-order valence-electron chi connectivity index (χ1n) is 4.36. The van der Waals surface area contributed by atoms with Crippen LogP contribution in [0.25, 0.3) is 0 Å². The largest absolute Gasteiger partial charge is 0.507 e. The van der Waals surface area contributed by atoms with Crippen molar-refractivity contribution in [2.75, 3.05) is 5.73 Å². The topological polar surface area (TPSA) is 59.1 Å². The highest BCUT2D eigenvalue weighted by Crippen LogP contribution is 2.31. The van der Waals surface area contributed by atoms with E-state index in [1.807, 2.05) is 18.2 Å². The van der Waals surface area contributed by atoms with Crippen LogP contribution in [-0.4, -0.2) is 10.1 Å². The molecular formula is C10H10N2OS2. The molecule has 1 aromatic carbocycles. The van der Waals surface area contributed by atoms with Gasteiger partial charge < -0.3 is 10.8 Å². The number of anilines is 1. The fourth-order valence-corrected chi connectivity index (χ4v) is 2.77. The molecule has 0 unspecified atom stereocenters. The van der Waals surface area contributed by atoms with Gasteiger partial charge in [0.05, 0.1) is 0 Å². The number of nitrogens with two attached hydrogens (primary N) is 1. The van der Waals surface area contributed by atoms with Crippen LogP contribution in [0.2, 0.25) is 0 Å². The first-order valence-corrected chi connectivity index (χ1v) is 6.17. The zero-order valence-corrected chi connectivity index (χ0v) is 9.52. The number of para-hydroxylation sites is 1. The van der Waals surface area contributed by atoms with Crippen LogP contribution >= 0.6 is 23.1 Å². The van der Waals surface area contributed by atoms with Crippen LogP contribution in [0.4, 0.5) is 5.13 Å². The highest BCUT2D eigenvalue weighted by Gasteiger charge is 2.03. The molecule has 0 saturated carbocycles. The summed E-state index contributed by atoms with van der Waals surface area (Å²) in [4.78, 5) is 5.96. The number of nitrogens with zero attached hydrogens (tertiary/aromatic N) is 1. The summed E-state index contributed by atoms with van der Waals surface area (Å²) in [5.74, 6) is 1.10. The average Bonchev–Trinajstić information content (AvgIpc) is 2.63. The molecule has 1 heterocycles. The van der Waals surface area contributed by atoms with Gasteiger partial charge in [0.25, 0.3) is 0 Å². The molecule has 2 aromatic rings. The van der Waals surface area contributed by atoms with E-state index in [1.54, 1.807) is 24.0 Å². The number of benzene rings is 1. The highest BCUT2D eigenvalue weighted by molar-refractivity contribution is 7.98. The standard InChI is InChI=1S/C10H10N2OS2/c11-10-12-5-7(15-10)6-14-9-4-2-1-3-8(9)13/h1-5,13H,6H2,(H2,11,12). The van der Waals surface area contributed by atoms with E-state index in [1.165, 1.54) is 11.3 Å². The van der Waals surface area contributed by atoms with Crippen molar-refractivity contribution in [2.45, 2.75) is 10.6 Å². The van der Waals surface area contributed by atoms with Gasteiger partial charge >= 0.3 is 0 Å². The van der Waals surface area contributed by atoms with Gasteiger partial charge in [-0.25, -0.2) is 4.98 Å². The Labute approximate surface area is 96.0 Å². The number of thioether (sulfide) groups is 1. The lowest BCUT2D eigenvalue weighted by Crippen LogP contribution is -1.77.